The lowest BCUT2D eigenvalue weighted by Gasteiger charge is -1.96. The van der Waals surface area contributed by atoms with E-state index in [0.29, 0.717) is 6.42 Å². The van der Waals surface area contributed by atoms with Gasteiger partial charge in [-0.3, -0.25) is 4.79 Å². The van der Waals surface area contributed by atoms with Crippen molar-refractivity contribution in [2.45, 2.75) is 13.3 Å². The lowest BCUT2D eigenvalue weighted by molar-refractivity contribution is -0.130. The summed E-state index contributed by atoms with van der Waals surface area (Å²) in [4.78, 5) is 10.8. The molecule has 0 amide bonds. The van der Waals surface area contributed by atoms with Gasteiger partial charge in [0.1, 0.15) is 0 Å². The highest BCUT2D eigenvalue weighted by Crippen LogP contribution is 2.06. The maximum absolute atomic E-state index is 10.8. The minimum atomic E-state index is -0.239. The van der Waals surface area contributed by atoms with Crippen LogP contribution in [0.15, 0.2) is 36.5 Å². The summed E-state index contributed by atoms with van der Waals surface area (Å²) >= 11 is 1.58. The second-order valence-corrected chi connectivity index (χ2v) is 2.52. The summed E-state index contributed by atoms with van der Waals surface area (Å²) in [7, 11) is 0. The van der Waals surface area contributed by atoms with Gasteiger partial charge in [0.2, 0.25) is 0 Å². The zero-order chi connectivity index (χ0) is 9.40. The summed E-state index contributed by atoms with van der Waals surface area (Å²) in [6.07, 6.45) is 7.46. The van der Waals surface area contributed by atoms with Gasteiger partial charge in [0.15, 0.2) is 23.0 Å². The van der Waals surface area contributed by atoms with Crippen molar-refractivity contribution in [1.82, 2.24) is 0 Å². The van der Waals surface area contributed by atoms with Crippen molar-refractivity contribution in [2.75, 3.05) is 0 Å². The van der Waals surface area contributed by atoms with E-state index >= 15 is 0 Å². The summed E-state index contributed by atoms with van der Waals surface area (Å²) in [6, 6.07) is 0. The molecule has 0 aromatic heterocycles. The van der Waals surface area contributed by atoms with Crippen molar-refractivity contribution >= 4 is 29.0 Å². The van der Waals surface area contributed by atoms with Crippen LogP contribution in [0.4, 0.5) is 0 Å². The van der Waals surface area contributed by atoms with E-state index in [9.17, 15) is 4.79 Å². The third kappa shape index (κ3) is 5.12. The predicted molar refractivity (Wildman–Crippen MR) is 57.8 cm³/mol. The highest BCUT2D eigenvalue weighted by atomic mass is 127. The van der Waals surface area contributed by atoms with Gasteiger partial charge < -0.3 is 3.07 Å². The molecule has 12 heavy (non-hydrogen) atoms. The molecule has 0 fully saturated rings. The van der Waals surface area contributed by atoms with Crippen LogP contribution < -0.4 is 0 Å². The van der Waals surface area contributed by atoms with E-state index in [4.69, 9.17) is 0 Å². The topological polar surface area (TPSA) is 26.3 Å². The molecule has 0 aliphatic carbocycles. The van der Waals surface area contributed by atoms with Gasteiger partial charge >= 0.3 is 5.97 Å². The first-order valence-electron chi connectivity index (χ1n) is 3.50. The molecule has 0 saturated carbocycles. The SMILES string of the molecule is C=C/C=C\C(=C/C)CC(=O)OI. The Morgan fingerprint density at radius 1 is 1.67 bits per heavy atom. The fourth-order valence-corrected chi connectivity index (χ4v) is 0.798. The van der Waals surface area contributed by atoms with Crippen LogP contribution in [0.25, 0.3) is 0 Å². The van der Waals surface area contributed by atoms with Crippen LogP contribution in [0.5, 0.6) is 0 Å². The van der Waals surface area contributed by atoms with Crippen LogP contribution in [0.2, 0.25) is 0 Å². The summed E-state index contributed by atoms with van der Waals surface area (Å²) in [6.45, 7) is 5.41. The average molecular weight is 278 g/mol. The van der Waals surface area contributed by atoms with E-state index in [2.05, 4.69) is 9.65 Å². The zero-order valence-corrected chi connectivity index (χ0v) is 9.08. The highest BCUT2D eigenvalue weighted by molar-refractivity contribution is 14.1. The maximum atomic E-state index is 10.8. The standard InChI is InChI=1S/C9H11IO2/c1-3-5-6-8(4-2)7-9(11)12-10/h3-6H,1,7H2,2H3/b6-5-,8-4+. The maximum Gasteiger partial charge on any atom is 0.319 e. The normalized spacial score (nSPS) is 11.7. The van der Waals surface area contributed by atoms with Crippen molar-refractivity contribution < 1.29 is 7.86 Å². The molecule has 0 rings (SSSR count). The van der Waals surface area contributed by atoms with E-state index in [0.717, 1.165) is 5.57 Å². The molecule has 0 aliphatic rings. The van der Waals surface area contributed by atoms with Crippen molar-refractivity contribution in [2.24, 2.45) is 0 Å². The number of hydrogen-bond donors (Lipinski definition) is 0. The quantitative estimate of drug-likeness (QED) is 0.583. The molecule has 2 nitrogen and oxygen atoms in total. The Kier molecular flexibility index (Phi) is 6.75. The van der Waals surface area contributed by atoms with Gasteiger partial charge in [-0.05, 0) is 12.5 Å². The van der Waals surface area contributed by atoms with Gasteiger partial charge in [-0.2, -0.15) is 0 Å². The summed E-state index contributed by atoms with van der Waals surface area (Å²) in [5.41, 5.74) is 0.927. The van der Waals surface area contributed by atoms with Gasteiger partial charge in [0, 0.05) is 0 Å². The highest BCUT2D eigenvalue weighted by Gasteiger charge is 2.01. The number of rotatable bonds is 4. The Labute approximate surface area is 86.7 Å². The number of hydrogen-bond acceptors (Lipinski definition) is 2. The van der Waals surface area contributed by atoms with E-state index in [1.165, 1.54) is 0 Å². The Balaban J connectivity index is 4.10. The molecule has 0 aliphatic heterocycles. The lowest BCUT2D eigenvalue weighted by atomic mass is 10.1. The molecule has 0 atom stereocenters. The minimum Gasteiger partial charge on any atom is -0.394 e. The van der Waals surface area contributed by atoms with Crippen molar-refractivity contribution in [3.63, 3.8) is 0 Å². The van der Waals surface area contributed by atoms with Gasteiger partial charge in [-0.25, -0.2) is 0 Å². The molecule has 0 spiro atoms. The molecule has 0 radical (unpaired) electrons. The first-order valence-corrected chi connectivity index (χ1v) is 4.38. The number of carbonyl (C=O) groups is 1. The fraction of sp³-hybridized carbons (Fsp3) is 0.222. The van der Waals surface area contributed by atoms with Crippen LogP contribution in [-0.4, -0.2) is 5.97 Å². The predicted octanol–water partition coefficient (Wildman–Crippen LogP) is 2.96. The van der Waals surface area contributed by atoms with Crippen LogP contribution >= 0.6 is 23.0 Å². The zero-order valence-electron chi connectivity index (χ0n) is 6.92. The van der Waals surface area contributed by atoms with E-state index in [1.54, 1.807) is 35.2 Å². The molecular formula is C9H11IO2. The molecule has 3 heteroatoms. The fourth-order valence-electron chi connectivity index (χ4n) is 0.643. The Hall–Kier alpha value is -0.580. The number of carbonyl (C=O) groups excluding carboxylic acids is 1. The van der Waals surface area contributed by atoms with Crippen molar-refractivity contribution in [3.05, 3.63) is 36.5 Å². The molecule has 0 aromatic carbocycles. The summed E-state index contributed by atoms with van der Waals surface area (Å²) in [5.74, 6) is -0.239. The number of halogens is 1. The van der Waals surface area contributed by atoms with E-state index < -0.39 is 0 Å². The van der Waals surface area contributed by atoms with Crippen LogP contribution in [0.1, 0.15) is 13.3 Å². The van der Waals surface area contributed by atoms with Crippen LogP contribution in [-0.2, 0) is 7.86 Å². The second kappa shape index (κ2) is 7.09. The molecular weight excluding hydrogens is 267 g/mol. The molecule has 0 N–H and O–H groups in total. The average Bonchev–Trinajstić information content (AvgIpc) is 2.11. The van der Waals surface area contributed by atoms with Crippen LogP contribution in [0, 0.1) is 0 Å². The lowest BCUT2D eigenvalue weighted by Crippen LogP contribution is -1.96. The largest absolute Gasteiger partial charge is 0.394 e. The third-order valence-corrected chi connectivity index (χ3v) is 1.74. The van der Waals surface area contributed by atoms with Gasteiger partial charge in [0.05, 0.1) is 6.42 Å². The second-order valence-electron chi connectivity index (χ2n) is 2.08. The Morgan fingerprint density at radius 2 is 2.33 bits per heavy atom. The monoisotopic (exact) mass is 278 g/mol. The number of allylic oxidation sites excluding steroid dienone is 4. The minimum absolute atomic E-state index is 0.239. The molecule has 0 saturated heterocycles. The van der Waals surface area contributed by atoms with Gasteiger partial charge in [0.25, 0.3) is 0 Å². The molecule has 0 bridgehead atoms. The van der Waals surface area contributed by atoms with E-state index in [-0.39, 0.29) is 5.97 Å². The molecule has 0 aromatic rings. The first-order chi connectivity index (χ1) is 5.74. The summed E-state index contributed by atoms with van der Waals surface area (Å²) < 4.78 is 4.49. The molecule has 0 unspecified atom stereocenters. The van der Waals surface area contributed by atoms with Crippen molar-refractivity contribution in [1.29, 1.82) is 0 Å². The smallest absolute Gasteiger partial charge is 0.319 e. The summed E-state index contributed by atoms with van der Waals surface area (Å²) in [5, 5.41) is 0. The molecule has 66 valence electrons. The van der Waals surface area contributed by atoms with E-state index in [1.807, 2.05) is 19.1 Å². The van der Waals surface area contributed by atoms with Gasteiger partial charge in [-0.1, -0.05) is 30.9 Å². The Bertz CT molecular complexity index is 217. The van der Waals surface area contributed by atoms with Crippen LogP contribution in [0.3, 0.4) is 0 Å². The first kappa shape index (κ1) is 11.4. The Morgan fingerprint density at radius 3 is 2.75 bits per heavy atom. The van der Waals surface area contributed by atoms with Crippen molar-refractivity contribution in [3.8, 4) is 0 Å². The van der Waals surface area contributed by atoms with Gasteiger partial charge in [-0.15, -0.1) is 0 Å². The third-order valence-electron chi connectivity index (χ3n) is 1.25. The molecule has 0 heterocycles.